The fraction of sp³-hybridized carbons (Fsp3) is 0.400. The predicted molar refractivity (Wildman–Crippen MR) is 90.4 cm³/mol. The van der Waals surface area contributed by atoms with Crippen molar-refractivity contribution < 1.29 is 0 Å². The third-order valence-electron chi connectivity index (χ3n) is 2.26. The summed E-state index contributed by atoms with van der Waals surface area (Å²) >= 11 is 9.84. The summed E-state index contributed by atoms with van der Waals surface area (Å²) in [7, 11) is 3.41. The van der Waals surface area contributed by atoms with Gasteiger partial charge >= 0.3 is 0 Å². The monoisotopic (exact) mass is 327 g/mol. The number of H-pyrrole nitrogens is 1. The van der Waals surface area contributed by atoms with Gasteiger partial charge in [-0.15, -0.1) is 0 Å². The van der Waals surface area contributed by atoms with E-state index in [0.717, 1.165) is 0 Å². The molecule has 21 heavy (non-hydrogen) atoms. The van der Waals surface area contributed by atoms with Gasteiger partial charge in [0, 0.05) is 14.1 Å². The van der Waals surface area contributed by atoms with E-state index in [1.165, 1.54) is 0 Å². The number of thiocarbonyl (C=S) groups is 2. The molecule has 0 bridgehead atoms. The van der Waals surface area contributed by atoms with Crippen LogP contribution >= 0.6 is 24.4 Å². The summed E-state index contributed by atoms with van der Waals surface area (Å²) in [5.41, 5.74) is 6.53. The molecular weight excluding hydrogens is 310 g/mol. The van der Waals surface area contributed by atoms with Crippen molar-refractivity contribution in [3.63, 3.8) is 0 Å². The van der Waals surface area contributed by atoms with E-state index in [0.29, 0.717) is 33.3 Å². The summed E-state index contributed by atoms with van der Waals surface area (Å²) in [5.74, 6) is 0.962. The Hall–Kier alpha value is -2.14. The maximum absolute atomic E-state index is 4.92. The molecule has 0 amide bonds. The highest BCUT2D eigenvalue weighted by molar-refractivity contribution is 7.80. The van der Waals surface area contributed by atoms with Crippen molar-refractivity contribution in [2.45, 2.75) is 13.8 Å². The molecule has 0 spiro atoms. The lowest BCUT2D eigenvalue weighted by atomic mass is 10.4. The fourth-order valence-corrected chi connectivity index (χ4v) is 1.16. The second-order valence-electron chi connectivity index (χ2n) is 3.78. The Kier molecular flexibility index (Phi) is 6.62. The number of hydrazone groups is 2. The van der Waals surface area contributed by atoms with E-state index in [-0.39, 0.29) is 0 Å². The minimum absolute atomic E-state index is 0.410. The first-order valence-electron chi connectivity index (χ1n) is 5.95. The summed E-state index contributed by atoms with van der Waals surface area (Å²) in [6, 6.07) is 0. The van der Waals surface area contributed by atoms with Crippen molar-refractivity contribution in [3.8, 4) is 0 Å². The SMILES string of the molecule is CNC(=S)NN=C(C)c1n[nH]c(C(C)=NNC(=S)NC)n1. The molecule has 0 saturated carbocycles. The molecule has 9 nitrogen and oxygen atoms in total. The van der Waals surface area contributed by atoms with Gasteiger partial charge < -0.3 is 10.6 Å². The normalized spacial score (nSPS) is 11.8. The van der Waals surface area contributed by atoms with Crippen LogP contribution in [0.5, 0.6) is 0 Å². The molecule has 0 aliphatic rings. The molecule has 0 aliphatic heterocycles. The highest BCUT2D eigenvalue weighted by Crippen LogP contribution is 1.97. The number of hydrogen-bond acceptors (Lipinski definition) is 6. The van der Waals surface area contributed by atoms with Gasteiger partial charge in [-0.2, -0.15) is 15.3 Å². The van der Waals surface area contributed by atoms with Gasteiger partial charge in [-0.3, -0.25) is 16.0 Å². The second-order valence-corrected chi connectivity index (χ2v) is 4.60. The maximum atomic E-state index is 4.92. The van der Waals surface area contributed by atoms with E-state index in [1.807, 2.05) is 0 Å². The Morgan fingerprint density at radius 3 is 2.05 bits per heavy atom. The number of nitrogens with zero attached hydrogens (tertiary/aromatic N) is 4. The predicted octanol–water partition coefficient (Wildman–Crippen LogP) is -0.559. The molecule has 11 heteroatoms. The molecule has 114 valence electrons. The minimum Gasteiger partial charge on any atom is -0.364 e. The minimum atomic E-state index is 0.410. The maximum Gasteiger partial charge on any atom is 0.197 e. The standard InChI is InChI=1S/C10H17N9S2/c1-5(14-18-9(20)11-3)7-13-8(17-16-7)6(2)15-19-10(21)12-4/h1-4H3,(H2,11,18,20)(H2,12,19,21)(H,13,16,17). The first-order valence-corrected chi connectivity index (χ1v) is 6.76. The van der Waals surface area contributed by atoms with Crippen LogP contribution < -0.4 is 21.5 Å². The largest absolute Gasteiger partial charge is 0.364 e. The van der Waals surface area contributed by atoms with Crippen LogP contribution in [-0.2, 0) is 0 Å². The van der Waals surface area contributed by atoms with Gasteiger partial charge in [-0.05, 0) is 38.3 Å². The Balaban J connectivity index is 2.76. The van der Waals surface area contributed by atoms with Gasteiger partial charge in [0.2, 0.25) is 0 Å². The van der Waals surface area contributed by atoms with Crippen LogP contribution in [0.3, 0.4) is 0 Å². The molecule has 0 fully saturated rings. The highest BCUT2D eigenvalue weighted by Gasteiger charge is 2.09. The summed E-state index contributed by atoms with van der Waals surface area (Å²) in [5, 5.41) is 21.3. The van der Waals surface area contributed by atoms with Gasteiger partial charge in [-0.1, -0.05) is 0 Å². The van der Waals surface area contributed by atoms with Crippen molar-refractivity contribution in [1.82, 2.24) is 36.7 Å². The van der Waals surface area contributed by atoms with E-state index >= 15 is 0 Å². The molecule has 0 radical (unpaired) electrons. The molecular formula is C10H17N9S2. The number of hydrogen-bond donors (Lipinski definition) is 5. The van der Waals surface area contributed by atoms with Crippen LogP contribution in [0.1, 0.15) is 25.5 Å². The van der Waals surface area contributed by atoms with Crippen LogP contribution in [0.4, 0.5) is 0 Å². The van der Waals surface area contributed by atoms with Crippen LogP contribution in [0.15, 0.2) is 10.2 Å². The van der Waals surface area contributed by atoms with Crippen molar-refractivity contribution in [2.75, 3.05) is 14.1 Å². The highest BCUT2D eigenvalue weighted by atomic mass is 32.1. The average Bonchev–Trinajstić information content (AvgIpc) is 2.99. The van der Waals surface area contributed by atoms with Crippen molar-refractivity contribution in [1.29, 1.82) is 0 Å². The van der Waals surface area contributed by atoms with E-state index in [4.69, 9.17) is 24.4 Å². The Bertz CT molecular complexity index is 526. The zero-order chi connectivity index (χ0) is 15.8. The average molecular weight is 327 g/mol. The molecule has 0 unspecified atom stereocenters. The number of aromatic nitrogens is 3. The fourth-order valence-electron chi connectivity index (χ4n) is 1.07. The van der Waals surface area contributed by atoms with Crippen molar-refractivity contribution in [3.05, 3.63) is 11.6 Å². The third kappa shape index (κ3) is 5.39. The summed E-state index contributed by atoms with van der Waals surface area (Å²) in [6.07, 6.45) is 0. The first-order chi connectivity index (χ1) is 9.97. The zero-order valence-electron chi connectivity index (χ0n) is 12.1. The van der Waals surface area contributed by atoms with Crippen LogP contribution in [0.25, 0.3) is 0 Å². The van der Waals surface area contributed by atoms with Crippen LogP contribution in [0.2, 0.25) is 0 Å². The van der Waals surface area contributed by atoms with Crippen molar-refractivity contribution >= 4 is 46.1 Å². The summed E-state index contributed by atoms with van der Waals surface area (Å²) < 4.78 is 0. The third-order valence-corrected chi connectivity index (χ3v) is 2.85. The van der Waals surface area contributed by atoms with Crippen LogP contribution in [0, 0.1) is 0 Å². The van der Waals surface area contributed by atoms with Gasteiger partial charge in [0.05, 0.1) is 0 Å². The smallest absolute Gasteiger partial charge is 0.197 e. The lowest BCUT2D eigenvalue weighted by molar-refractivity contribution is 0.964. The Morgan fingerprint density at radius 2 is 1.52 bits per heavy atom. The second kappa shape index (κ2) is 8.21. The lowest BCUT2D eigenvalue weighted by Gasteiger charge is -2.01. The van der Waals surface area contributed by atoms with Gasteiger partial charge in [0.15, 0.2) is 21.9 Å². The molecule has 1 rings (SSSR count). The molecule has 0 saturated heterocycles. The van der Waals surface area contributed by atoms with E-state index in [2.05, 4.69) is 46.9 Å². The van der Waals surface area contributed by atoms with Crippen molar-refractivity contribution in [2.24, 2.45) is 10.2 Å². The van der Waals surface area contributed by atoms with E-state index < -0.39 is 0 Å². The Labute approximate surface area is 133 Å². The molecule has 1 heterocycles. The van der Waals surface area contributed by atoms with Crippen LogP contribution in [-0.4, -0.2) is 50.9 Å². The number of nitrogens with one attached hydrogen (secondary N) is 5. The number of rotatable bonds is 4. The first kappa shape index (κ1) is 16.9. The molecule has 1 aromatic rings. The summed E-state index contributed by atoms with van der Waals surface area (Å²) in [4.78, 5) is 4.28. The number of aromatic amines is 1. The zero-order valence-corrected chi connectivity index (χ0v) is 13.7. The quantitative estimate of drug-likeness (QED) is 0.284. The molecule has 0 aliphatic carbocycles. The van der Waals surface area contributed by atoms with E-state index in [1.54, 1.807) is 27.9 Å². The Morgan fingerprint density at radius 1 is 1.00 bits per heavy atom. The molecule has 5 N–H and O–H groups in total. The molecule has 0 atom stereocenters. The van der Waals surface area contributed by atoms with E-state index in [9.17, 15) is 0 Å². The molecule has 1 aromatic heterocycles. The van der Waals surface area contributed by atoms with Gasteiger partial charge in [0.1, 0.15) is 11.4 Å². The van der Waals surface area contributed by atoms with Gasteiger partial charge in [0.25, 0.3) is 0 Å². The summed E-state index contributed by atoms with van der Waals surface area (Å²) in [6.45, 7) is 3.54. The van der Waals surface area contributed by atoms with Gasteiger partial charge in [-0.25, -0.2) is 4.98 Å². The lowest BCUT2D eigenvalue weighted by Crippen LogP contribution is -2.29. The molecule has 0 aromatic carbocycles. The topological polar surface area (TPSA) is 114 Å².